The van der Waals surface area contributed by atoms with E-state index in [0.29, 0.717) is 13.2 Å². The second kappa shape index (κ2) is 7.36. The highest BCUT2D eigenvalue weighted by Crippen LogP contribution is 2.31. The van der Waals surface area contributed by atoms with Crippen molar-refractivity contribution >= 4 is 5.91 Å². The summed E-state index contributed by atoms with van der Waals surface area (Å²) in [4.78, 5) is 17.9. The first-order valence-electron chi connectivity index (χ1n) is 7.94. The number of rotatable bonds is 5. The topological polar surface area (TPSA) is 64.8 Å². The van der Waals surface area contributed by atoms with Crippen LogP contribution in [0.2, 0.25) is 0 Å². The number of benzene rings is 1. The SMILES string of the molecule is CN(C(=O)c1coc(COc2cccc(C(F)(F)F)c2)n1)[C@H]1CCOC1. The summed E-state index contributed by atoms with van der Waals surface area (Å²) in [5, 5.41) is 0. The van der Waals surface area contributed by atoms with Gasteiger partial charge in [0, 0.05) is 13.7 Å². The van der Waals surface area contributed by atoms with Gasteiger partial charge < -0.3 is 18.8 Å². The summed E-state index contributed by atoms with van der Waals surface area (Å²) in [6, 6.07) is 4.49. The third-order valence-electron chi connectivity index (χ3n) is 4.07. The van der Waals surface area contributed by atoms with E-state index < -0.39 is 11.7 Å². The van der Waals surface area contributed by atoms with Crippen LogP contribution in [0.15, 0.2) is 34.9 Å². The molecule has 1 aromatic heterocycles. The lowest BCUT2D eigenvalue weighted by Crippen LogP contribution is -2.37. The van der Waals surface area contributed by atoms with Crippen LogP contribution in [0.1, 0.15) is 28.4 Å². The summed E-state index contributed by atoms with van der Waals surface area (Å²) in [6.07, 6.45) is -2.48. The van der Waals surface area contributed by atoms with Crippen LogP contribution in [-0.2, 0) is 17.5 Å². The summed E-state index contributed by atoms with van der Waals surface area (Å²) in [5.74, 6) is -0.178. The number of aromatic nitrogens is 1. The highest BCUT2D eigenvalue weighted by atomic mass is 19.4. The number of carbonyl (C=O) groups excluding carboxylic acids is 1. The number of oxazole rings is 1. The average Bonchev–Trinajstić information content (AvgIpc) is 3.30. The zero-order valence-electron chi connectivity index (χ0n) is 14.0. The molecular weight excluding hydrogens is 353 g/mol. The van der Waals surface area contributed by atoms with Crippen LogP contribution >= 0.6 is 0 Å². The summed E-state index contributed by atoms with van der Waals surface area (Å²) >= 11 is 0. The van der Waals surface area contributed by atoms with Crippen molar-refractivity contribution in [2.24, 2.45) is 0 Å². The van der Waals surface area contributed by atoms with Gasteiger partial charge in [-0.05, 0) is 24.6 Å². The molecule has 3 rings (SSSR count). The molecule has 1 aromatic carbocycles. The fourth-order valence-electron chi connectivity index (χ4n) is 2.56. The molecule has 0 spiro atoms. The van der Waals surface area contributed by atoms with Gasteiger partial charge in [-0.15, -0.1) is 0 Å². The van der Waals surface area contributed by atoms with Crippen LogP contribution in [0.4, 0.5) is 13.2 Å². The maximum Gasteiger partial charge on any atom is 0.416 e. The molecule has 0 unspecified atom stereocenters. The van der Waals surface area contributed by atoms with Crippen LogP contribution < -0.4 is 4.74 Å². The molecule has 1 fully saturated rings. The van der Waals surface area contributed by atoms with Crippen molar-refractivity contribution in [2.75, 3.05) is 20.3 Å². The van der Waals surface area contributed by atoms with E-state index in [1.165, 1.54) is 18.4 Å². The number of halogens is 3. The highest BCUT2D eigenvalue weighted by Gasteiger charge is 2.30. The molecule has 26 heavy (non-hydrogen) atoms. The van der Waals surface area contributed by atoms with Crippen LogP contribution in [-0.4, -0.2) is 42.1 Å². The van der Waals surface area contributed by atoms with Gasteiger partial charge >= 0.3 is 6.18 Å². The Balaban J connectivity index is 1.61. The Bertz CT molecular complexity index is 769. The van der Waals surface area contributed by atoms with Gasteiger partial charge in [0.15, 0.2) is 12.3 Å². The van der Waals surface area contributed by atoms with Crippen LogP contribution in [0, 0.1) is 0 Å². The van der Waals surface area contributed by atoms with E-state index in [1.807, 2.05) is 0 Å². The minimum absolute atomic E-state index is 0.0102. The van der Waals surface area contributed by atoms with Gasteiger partial charge in [0.25, 0.3) is 5.91 Å². The number of alkyl halides is 3. The van der Waals surface area contributed by atoms with Gasteiger partial charge in [-0.2, -0.15) is 13.2 Å². The normalized spacial score (nSPS) is 17.3. The Kier molecular flexibility index (Phi) is 5.17. The van der Waals surface area contributed by atoms with Crippen molar-refractivity contribution in [3.8, 4) is 5.75 Å². The minimum atomic E-state index is -4.45. The molecule has 0 radical (unpaired) electrons. The summed E-state index contributed by atoms with van der Waals surface area (Å²) in [5.41, 5.74) is -0.694. The fourth-order valence-corrected chi connectivity index (χ4v) is 2.56. The van der Waals surface area contributed by atoms with Crippen molar-refractivity contribution in [2.45, 2.75) is 25.2 Å². The van der Waals surface area contributed by atoms with E-state index in [0.717, 1.165) is 18.6 Å². The second-order valence-corrected chi connectivity index (χ2v) is 5.87. The molecule has 0 saturated carbocycles. The molecule has 1 saturated heterocycles. The lowest BCUT2D eigenvalue weighted by atomic mass is 10.2. The molecule has 9 heteroatoms. The smallest absolute Gasteiger partial charge is 0.416 e. The maximum atomic E-state index is 12.7. The Labute approximate surface area is 147 Å². The lowest BCUT2D eigenvalue weighted by molar-refractivity contribution is -0.137. The van der Waals surface area contributed by atoms with Gasteiger partial charge in [-0.3, -0.25) is 4.79 Å². The van der Waals surface area contributed by atoms with Crippen LogP contribution in [0.5, 0.6) is 5.75 Å². The number of hydrogen-bond donors (Lipinski definition) is 0. The molecule has 1 amide bonds. The molecule has 1 atom stereocenters. The number of nitrogens with zero attached hydrogens (tertiary/aromatic N) is 2. The lowest BCUT2D eigenvalue weighted by Gasteiger charge is -2.21. The zero-order valence-corrected chi connectivity index (χ0v) is 14.0. The Morgan fingerprint density at radius 2 is 2.23 bits per heavy atom. The fraction of sp³-hybridized carbons (Fsp3) is 0.412. The van der Waals surface area contributed by atoms with E-state index in [1.54, 1.807) is 11.9 Å². The number of amides is 1. The maximum absolute atomic E-state index is 12.7. The van der Waals surface area contributed by atoms with Crippen molar-refractivity contribution < 1.29 is 31.9 Å². The largest absolute Gasteiger partial charge is 0.484 e. The molecule has 0 aliphatic carbocycles. The summed E-state index contributed by atoms with van der Waals surface area (Å²) in [6.45, 7) is 0.896. The summed E-state index contributed by atoms with van der Waals surface area (Å²) in [7, 11) is 1.66. The molecule has 1 aliphatic heterocycles. The van der Waals surface area contributed by atoms with E-state index >= 15 is 0 Å². The first-order valence-corrected chi connectivity index (χ1v) is 7.94. The van der Waals surface area contributed by atoms with Crippen molar-refractivity contribution in [1.82, 2.24) is 9.88 Å². The standard InChI is InChI=1S/C17H17F3N2O4/c1-22(12-5-6-24-8-12)16(23)14-9-26-15(21-14)10-25-13-4-2-3-11(7-13)17(18,19)20/h2-4,7,9,12H,5-6,8,10H2,1H3/t12-/m0/s1. The van der Waals surface area contributed by atoms with Crippen LogP contribution in [0.25, 0.3) is 0 Å². The number of likely N-dealkylation sites (N-methyl/N-ethyl adjacent to an activating group) is 1. The molecule has 140 valence electrons. The molecule has 6 nitrogen and oxygen atoms in total. The first-order chi connectivity index (χ1) is 12.3. The minimum Gasteiger partial charge on any atom is -0.484 e. The molecule has 0 N–H and O–H groups in total. The number of ether oxygens (including phenoxy) is 2. The van der Waals surface area contributed by atoms with Crippen molar-refractivity contribution in [1.29, 1.82) is 0 Å². The van der Waals surface area contributed by atoms with Gasteiger partial charge in [-0.1, -0.05) is 6.07 Å². The Morgan fingerprint density at radius 1 is 1.42 bits per heavy atom. The first kappa shape index (κ1) is 18.2. The van der Waals surface area contributed by atoms with E-state index in [4.69, 9.17) is 13.9 Å². The molecular formula is C17H17F3N2O4. The Hall–Kier alpha value is -2.55. The third kappa shape index (κ3) is 4.16. The Morgan fingerprint density at radius 3 is 2.92 bits per heavy atom. The zero-order chi connectivity index (χ0) is 18.7. The van der Waals surface area contributed by atoms with Gasteiger partial charge in [0.2, 0.25) is 5.89 Å². The van der Waals surface area contributed by atoms with E-state index in [2.05, 4.69) is 4.98 Å². The van der Waals surface area contributed by atoms with E-state index in [-0.39, 0.29) is 35.9 Å². The quantitative estimate of drug-likeness (QED) is 0.809. The average molecular weight is 370 g/mol. The van der Waals surface area contributed by atoms with Gasteiger partial charge in [0.05, 0.1) is 18.2 Å². The molecule has 1 aliphatic rings. The van der Waals surface area contributed by atoms with Gasteiger partial charge in [0.1, 0.15) is 12.0 Å². The monoisotopic (exact) mass is 370 g/mol. The number of carbonyl (C=O) groups is 1. The molecule has 2 aromatic rings. The molecule has 2 heterocycles. The van der Waals surface area contributed by atoms with Crippen molar-refractivity contribution in [3.05, 3.63) is 47.7 Å². The summed E-state index contributed by atoms with van der Waals surface area (Å²) < 4.78 is 53.8. The highest BCUT2D eigenvalue weighted by molar-refractivity contribution is 5.92. The van der Waals surface area contributed by atoms with Gasteiger partial charge in [-0.25, -0.2) is 4.98 Å². The van der Waals surface area contributed by atoms with Crippen LogP contribution in [0.3, 0.4) is 0 Å². The van der Waals surface area contributed by atoms with Crippen molar-refractivity contribution in [3.63, 3.8) is 0 Å². The van der Waals surface area contributed by atoms with E-state index in [9.17, 15) is 18.0 Å². The second-order valence-electron chi connectivity index (χ2n) is 5.87. The predicted molar refractivity (Wildman–Crippen MR) is 83.6 cm³/mol. The third-order valence-corrected chi connectivity index (χ3v) is 4.07. The number of hydrogen-bond acceptors (Lipinski definition) is 5. The molecule has 0 bridgehead atoms. The predicted octanol–water partition coefficient (Wildman–Crippen LogP) is 3.13.